The van der Waals surface area contributed by atoms with Crippen molar-refractivity contribution in [3.63, 3.8) is 0 Å². The van der Waals surface area contributed by atoms with Crippen molar-refractivity contribution in [2.24, 2.45) is 0 Å². The van der Waals surface area contributed by atoms with Gasteiger partial charge in [-0.15, -0.1) is 21.5 Å². The molecule has 3 heterocycles. The fraction of sp³-hybridized carbons (Fsp3) is 0.286. The number of rotatable bonds is 5. The van der Waals surface area contributed by atoms with E-state index in [1.54, 1.807) is 11.3 Å². The topological polar surface area (TPSA) is 58.1 Å². The number of anilines is 1. The van der Waals surface area contributed by atoms with Crippen molar-refractivity contribution in [3.8, 4) is 11.3 Å². The number of nitrogens with zero attached hydrogens (tertiary/aromatic N) is 3. The molecule has 3 aromatic rings. The number of carbonyl (C=O) groups is 1. The fourth-order valence-corrected chi connectivity index (χ4v) is 4.35. The lowest BCUT2D eigenvalue weighted by Gasteiger charge is -2.32. The molecule has 0 aliphatic carbocycles. The average Bonchev–Trinajstić information content (AvgIpc) is 3.22. The minimum atomic E-state index is 0.102. The standard InChI is InChI=1S/C21H21ClN4OS/c22-18-6-2-1-5-17(18)19-7-8-20(25-24-19)26-11-9-15(10-12-26)23-21(27)14-16-4-3-13-28-16/h1-8,13,15H,9-12,14H2,(H,23,27). The van der Waals surface area contributed by atoms with Crippen LogP contribution in [0.15, 0.2) is 53.9 Å². The number of amides is 1. The SMILES string of the molecule is O=C(Cc1cccs1)NC1CCN(c2ccc(-c3ccccc3Cl)nn2)CC1. The average molecular weight is 413 g/mol. The number of aromatic nitrogens is 2. The van der Waals surface area contributed by atoms with Crippen LogP contribution in [0.3, 0.4) is 0 Å². The van der Waals surface area contributed by atoms with E-state index in [4.69, 9.17) is 11.6 Å². The van der Waals surface area contributed by atoms with Gasteiger partial charge >= 0.3 is 0 Å². The lowest BCUT2D eigenvalue weighted by atomic mass is 10.0. The van der Waals surface area contributed by atoms with Gasteiger partial charge < -0.3 is 10.2 Å². The molecule has 1 N–H and O–H groups in total. The van der Waals surface area contributed by atoms with Crippen LogP contribution in [0.4, 0.5) is 5.82 Å². The van der Waals surface area contributed by atoms with E-state index in [1.165, 1.54) is 0 Å². The van der Waals surface area contributed by atoms with Gasteiger partial charge in [0.2, 0.25) is 5.91 Å². The van der Waals surface area contributed by atoms with Crippen molar-refractivity contribution >= 4 is 34.7 Å². The molecule has 28 heavy (non-hydrogen) atoms. The fourth-order valence-electron chi connectivity index (χ4n) is 3.41. The van der Waals surface area contributed by atoms with E-state index in [1.807, 2.05) is 53.9 Å². The molecule has 1 aliphatic heterocycles. The van der Waals surface area contributed by atoms with Gasteiger partial charge in [0.15, 0.2) is 5.82 Å². The second-order valence-corrected chi connectivity index (χ2v) is 8.28. The summed E-state index contributed by atoms with van der Waals surface area (Å²) in [6, 6.07) is 15.8. The Labute approximate surface area is 173 Å². The Balaban J connectivity index is 1.31. The predicted molar refractivity (Wildman–Crippen MR) is 114 cm³/mol. The van der Waals surface area contributed by atoms with Crippen LogP contribution in [0, 0.1) is 0 Å². The smallest absolute Gasteiger partial charge is 0.225 e. The monoisotopic (exact) mass is 412 g/mol. The summed E-state index contributed by atoms with van der Waals surface area (Å²) in [4.78, 5) is 15.5. The van der Waals surface area contributed by atoms with Crippen molar-refractivity contribution in [1.82, 2.24) is 15.5 Å². The zero-order valence-corrected chi connectivity index (χ0v) is 16.9. The molecule has 0 unspecified atom stereocenters. The number of nitrogens with one attached hydrogen (secondary N) is 1. The Kier molecular flexibility index (Phi) is 5.88. The Bertz CT molecular complexity index is 922. The first-order valence-corrected chi connectivity index (χ1v) is 10.6. The first-order valence-electron chi connectivity index (χ1n) is 9.34. The summed E-state index contributed by atoms with van der Waals surface area (Å²) in [6.45, 7) is 1.70. The minimum Gasteiger partial charge on any atom is -0.355 e. The zero-order valence-electron chi connectivity index (χ0n) is 15.3. The van der Waals surface area contributed by atoms with Crippen molar-refractivity contribution < 1.29 is 4.79 Å². The molecule has 0 saturated carbocycles. The summed E-state index contributed by atoms with van der Waals surface area (Å²) in [5.41, 5.74) is 1.65. The van der Waals surface area contributed by atoms with E-state index in [9.17, 15) is 4.79 Å². The number of benzene rings is 1. The molecular weight excluding hydrogens is 392 g/mol. The van der Waals surface area contributed by atoms with Gasteiger partial charge in [0.1, 0.15) is 0 Å². The summed E-state index contributed by atoms with van der Waals surface area (Å²) >= 11 is 7.86. The summed E-state index contributed by atoms with van der Waals surface area (Å²) in [5, 5.41) is 14.6. The Hall–Kier alpha value is -2.44. The molecule has 1 amide bonds. The first-order chi connectivity index (χ1) is 13.7. The molecule has 0 atom stereocenters. The number of hydrogen-bond donors (Lipinski definition) is 1. The molecule has 1 saturated heterocycles. The van der Waals surface area contributed by atoms with Crippen LogP contribution in [0.25, 0.3) is 11.3 Å². The quantitative estimate of drug-likeness (QED) is 0.682. The van der Waals surface area contributed by atoms with Crippen LogP contribution >= 0.6 is 22.9 Å². The number of halogens is 1. The van der Waals surface area contributed by atoms with E-state index in [-0.39, 0.29) is 11.9 Å². The minimum absolute atomic E-state index is 0.102. The van der Waals surface area contributed by atoms with Crippen LogP contribution in [0.1, 0.15) is 17.7 Å². The number of thiophene rings is 1. The van der Waals surface area contributed by atoms with E-state index in [0.717, 1.165) is 47.9 Å². The van der Waals surface area contributed by atoms with Gasteiger partial charge in [-0.3, -0.25) is 4.79 Å². The molecule has 1 fully saturated rings. The maximum atomic E-state index is 12.2. The van der Waals surface area contributed by atoms with Crippen LogP contribution < -0.4 is 10.2 Å². The van der Waals surface area contributed by atoms with Gasteiger partial charge in [0.25, 0.3) is 0 Å². The third-order valence-electron chi connectivity index (χ3n) is 4.90. The third kappa shape index (κ3) is 4.51. The molecule has 0 radical (unpaired) electrons. The molecule has 1 aromatic carbocycles. The van der Waals surface area contributed by atoms with Gasteiger partial charge in [-0.25, -0.2) is 0 Å². The molecule has 2 aromatic heterocycles. The van der Waals surface area contributed by atoms with Gasteiger partial charge in [-0.2, -0.15) is 0 Å². The number of carbonyl (C=O) groups excluding carboxylic acids is 1. The van der Waals surface area contributed by atoms with E-state index >= 15 is 0 Å². The summed E-state index contributed by atoms with van der Waals surface area (Å²) in [7, 11) is 0. The van der Waals surface area contributed by atoms with Gasteiger partial charge in [0.05, 0.1) is 17.1 Å². The summed E-state index contributed by atoms with van der Waals surface area (Å²) in [5.74, 6) is 0.962. The summed E-state index contributed by atoms with van der Waals surface area (Å²) in [6.07, 6.45) is 2.28. The lowest BCUT2D eigenvalue weighted by molar-refractivity contribution is -0.121. The van der Waals surface area contributed by atoms with Gasteiger partial charge in [-0.1, -0.05) is 35.9 Å². The molecule has 5 nitrogen and oxygen atoms in total. The normalized spacial score (nSPS) is 14.8. The molecule has 7 heteroatoms. The van der Waals surface area contributed by atoms with E-state index in [0.29, 0.717) is 11.4 Å². The molecule has 0 bridgehead atoms. The van der Waals surface area contributed by atoms with Crippen molar-refractivity contribution in [1.29, 1.82) is 0 Å². The Morgan fingerprint density at radius 1 is 1.11 bits per heavy atom. The third-order valence-corrected chi connectivity index (χ3v) is 6.11. The number of hydrogen-bond acceptors (Lipinski definition) is 5. The van der Waals surface area contributed by atoms with Gasteiger partial charge in [-0.05, 0) is 42.5 Å². The van der Waals surface area contributed by atoms with Crippen LogP contribution in [0.2, 0.25) is 5.02 Å². The van der Waals surface area contributed by atoms with E-state index in [2.05, 4.69) is 20.4 Å². The highest BCUT2D eigenvalue weighted by molar-refractivity contribution is 7.10. The van der Waals surface area contributed by atoms with Crippen molar-refractivity contribution in [2.45, 2.75) is 25.3 Å². The number of piperidine rings is 1. The second kappa shape index (κ2) is 8.71. The molecule has 4 rings (SSSR count). The predicted octanol–water partition coefficient (Wildman–Crippen LogP) is 4.19. The van der Waals surface area contributed by atoms with E-state index < -0.39 is 0 Å². The molecule has 144 valence electrons. The summed E-state index contributed by atoms with van der Waals surface area (Å²) < 4.78 is 0. The highest BCUT2D eigenvalue weighted by atomic mass is 35.5. The van der Waals surface area contributed by atoms with Gasteiger partial charge in [0, 0.05) is 29.6 Å². The van der Waals surface area contributed by atoms with Crippen molar-refractivity contribution in [2.75, 3.05) is 18.0 Å². The van der Waals surface area contributed by atoms with Crippen LogP contribution in [0.5, 0.6) is 0 Å². The molecule has 1 aliphatic rings. The Morgan fingerprint density at radius 2 is 1.93 bits per heavy atom. The van der Waals surface area contributed by atoms with Crippen LogP contribution in [-0.2, 0) is 11.2 Å². The lowest BCUT2D eigenvalue weighted by Crippen LogP contribution is -2.45. The Morgan fingerprint density at radius 3 is 2.61 bits per heavy atom. The highest BCUT2D eigenvalue weighted by Crippen LogP contribution is 2.26. The molecule has 0 spiro atoms. The highest BCUT2D eigenvalue weighted by Gasteiger charge is 2.22. The first kappa shape index (κ1) is 18.9. The maximum Gasteiger partial charge on any atom is 0.225 e. The second-order valence-electron chi connectivity index (χ2n) is 6.84. The molecular formula is C21H21ClN4OS. The largest absolute Gasteiger partial charge is 0.355 e. The maximum absolute atomic E-state index is 12.2. The van der Waals surface area contributed by atoms with Crippen LogP contribution in [-0.4, -0.2) is 35.2 Å². The zero-order chi connectivity index (χ0) is 19.3. The van der Waals surface area contributed by atoms with Crippen molar-refractivity contribution in [3.05, 3.63) is 63.8 Å².